The third-order valence-electron chi connectivity index (χ3n) is 3.99. The number of aromatic nitrogens is 2. The number of para-hydroxylation sites is 1. The zero-order valence-electron chi connectivity index (χ0n) is 14.1. The second kappa shape index (κ2) is 7.97. The van der Waals surface area contributed by atoms with Crippen LogP contribution in [0.5, 0.6) is 5.75 Å². The minimum absolute atomic E-state index is 0.0560. The van der Waals surface area contributed by atoms with Gasteiger partial charge in [0.15, 0.2) is 11.4 Å². The highest BCUT2D eigenvalue weighted by Crippen LogP contribution is 2.22. The van der Waals surface area contributed by atoms with E-state index in [-0.39, 0.29) is 5.91 Å². The molecule has 1 aromatic heterocycles. The molecule has 0 radical (unpaired) electrons. The molecule has 1 N–H and O–H groups in total. The maximum Gasteiger partial charge on any atom is 0.278 e. The lowest BCUT2D eigenvalue weighted by Crippen LogP contribution is -2.34. The van der Waals surface area contributed by atoms with Crippen LogP contribution in [-0.4, -0.2) is 53.4 Å². The summed E-state index contributed by atoms with van der Waals surface area (Å²) in [5, 5.41) is 7.83. The molecule has 0 spiro atoms. The van der Waals surface area contributed by atoms with Gasteiger partial charge in [-0.25, -0.2) is 4.68 Å². The Hall–Kier alpha value is -2.34. The van der Waals surface area contributed by atoms with Gasteiger partial charge in [0.05, 0.1) is 18.5 Å². The Morgan fingerprint density at radius 3 is 2.88 bits per heavy atom. The van der Waals surface area contributed by atoms with Gasteiger partial charge in [-0.05, 0) is 31.5 Å². The highest BCUT2D eigenvalue weighted by molar-refractivity contribution is 5.95. The Morgan fingerprint density at radius 2 is 2.08 bits per heavy atom. The number of carbonyl (C=O) groups is 1. The van der Waals surface area contributed by atoms with E-state index < -0.39 is 0 Å². The number of benzene rings is 1. The first-order valence-electron chi connectivity index (χ1n) is 8.57. The van der Waals surface area contributed by atoms with E-state index in [1.54, 1.807) is 10.9 Å². The van der Waals surface area contributed by atoms with Crippen molar-refractivity contribution in [2.75, 3.05) is 32.8 Å². The standard InChI is InChI=1S/C18H24N4O2/c1-2-13-24-16-14-22(15-7-4-3-5-8-15)20-17(16)18(23)21-11-6-9-19-10-12-21/h3-5,7-8,14,19H,2,6,9-13H2,1H3. The van der Waals surface area contributed by atoms with Crippen LogP contribution in [0, 0.1) is 0 Å². The van der Waals surface area contributed by atoms with Crippen LogP contribution in [0.15, 0.2) is 36.5 Å². The minimum atomic E-state index is -0.0560. The third-order valence-corrected chi connectivity index (χ3v) is 3.99. The fourth-order valence-electron chi connectivity index (χ4n) is 2.74. The topological polar surface area (TPSA) is 59.4 Å². The monoisotopic (exact) mass is 328 g/mol. The minimum Gasteiger partial charge on any atom is -0.489 e. The quantitative estimate of drug-likeness (QED) is 0.913. The van der Waals surface area contributed by atoms with E-state index in [1.807, 2.05) is 42.2 Å². The van der Waals surface area contributed by atoms with Gasteiger partial charge in [0.1, 0.15) is 0 Å². The van der Waals surface area contributed by atoms with Crippen LogP contribution >= 0.6 is 0 Å². The first kappa shape index (κ1) is 16.5. The molecule has 1 fully saturated rings. The number of hydrogen-bond acceptors (Lipinski definition) is 4. The summed E-state index contributed by atoms with van der Waals surface area (Å²) in [6.07, 6.45) is 3.64. The molecule has 1 aliphatic rings. The van der Waals surface area contributed by atoms with Gasteiger partial charge in [0.25, 0.3) is 5.91 Å². The number of hydrogen-bond donors (Lipinski definition) is 1. The molecule has 24 heavy (non-hydrogen) atoms. The zero-order valence-corrected chi connectivity index (χ0v) is 14.1. The normalized spacial score (nSPS) is 15.1. The Morgan fingerprint density at radius 1 is 1.25 bits per heavy atom. The summed E-state index contributed by atoms with van der Waals surface area (Å²) in [4.78, 5) is 14.8. The number of rotatable bonds is 5. The fraction of sp³-hybridized carbons (Fsp3) is 0.444. The van der Waals surface area contributed by atoms with E-state index >= 15 is 0 Å². The van der Waals surface area contributed by atoms with Crippen LogP contribution in [0.25, 0.3) is 5.69 Å². The second-order valence-electron chi connectivity index (χ2n) is 5.87. The second-order valence-corrected chi connectivity index (χ2v) is 5.87. The maximum absolute atomic E-state index is 12.9. The molecule has 1 aliphatic heterocycles. The van der Waals surface area contributed by atoms with Crippen molar-refractivity contribution in [1.29, 1.82) is 0 Å². The average molecular weight is 328 g/mol. The van der Waals surface area contributed by atoms with E-state index in [1.165, 1.54) is 0 Å². The van der Waals surface area contributed by atoms with Gasteiger partial charge in [-0.1, -0.05) is 25.1 Å². The van der Waals surface area contributed by atoms with E-state index in [0.717, 1.165) is 38.2 Å². The summed E-state index contributed by atoms with van der Waals surface area (Å²) in [5.74, 6) is 0.502. The fourth-order valence-corrected chi connectivity index (χ4v) is 2.74. The molecule has 0 atom stereocenters. The van der Waals surface area contributed by atoms with Crippen LogP contribution in [0.4, 0.5) is 0 Å². The van der Waals surface area contributed by atoms with E-state index in [2.05, 4.69) is 10.4 Å². The van der Waals surface area contributed by atoms with Gasteiger partial charge < -0.3 is 15.0 Å². The summed E-state index contributed by atoms with van der Waals surface area (Å²) in [7, 11) is 0. The van der Waals surface area contributed by atoms with Crippen LogP contribution < -0.4 is 10.1 Å². The molecule has 0 bridgehead atoms. The molecule has 0 saturated carbocycles. The van der Waals surface area contributed by atoms with Crippen molar-refractivity contribution >= 4 is 5.91 Å². The van der Waals surface area contributed by atoms with Crippen molar-refractivity contribution in [3.63, 3.8) is 0 Å². The van der Waals surface area contributed by atoms with Gasteiger partial charge in [-0.15, -0.1) is 0 Å². The number of amides is 1. The molecule has 6 nitrogen and oxygen atoms in total. The smallest absolute Gasteiger partial charge is 0.278 e. The van der Waals surface area contributed by atoms with Crippen molar-refractivity contribution in [2.24, 2.45) is 0 Å². The molecule has 1 aromatic carbocycles. The Kier molecular flexibility index (Phi) is 5.48. The van der Waals surface area contributed by atoms with Gasteiger partial charge in [0.2, 0.25) is 0 Å². The van der Waals surface area contributed by atoms with Crippen LogP contribution in [0.1, 0.15) is 30.3 Å². The Balaban J connectivity index is 1.89. The Bertz CT molecular complexity index is 661. The first-order chi connectivity index (χ1) is 11.8. The number of nitrogens with one attached hydrogen (secondary N) is 1. The van der Waals surface area contributed by atoms with Crippen molar-refractivity contribution in [2.45, 2.75) is 19.8 Å². The Labute approximate surface area is 142 Å². The van der Waals surface area contributed by atoms with E-state index in [4.69, 9.17) is 4.74 Å². The van der Waals surface area contributed by atoms with Crippen molar-refractivity contribution in [1.82, 2.24) is 20.0 Å². The van der Waals surface area contributed by atoms with E-state index in [0.29, 0.717) is 24.6 Å². The van der Waals surface area contributed by atoms with Crippen molar-refractivity contribution < 1.29 is 9.53 Å². The number of ether oxygens (including phenoxy) is 1. The molecule has 2 heterocycles. The molecule has 2 aromatic rings. The highest BCUT2D eigenvalue weighted by Gasteiger charge is 2.24. The summed E-state index contributed by atoms with van der Waals surface area (Å²) in [6, 6.07) is 9.77. The average Bonchev–Trinajstić information content (AvgIpc) is 2.85. The van der Waals surface area contributed by atoms with Crippen molar-refractivity contribution in [3.05, 3.63) is 42.2 Å². The molecule has 6 heteroatoms. The largest absolute Gasteiger partial charge is 0.489 e. The predicted molar refractivity (Wildman–Crippen MR) is 92.7 cm³/mol. The summed E-state index contributed by atoms with van der Waals surface area (Å²) < 4.78 is 7.50. The van der Waals surface area contributed by atoms with Crippen LogP contribution in [0.2, 0.25) is 0 Å². The first-order valence-corrected chi connectivity index (χ1v) is 8.57. The van der Waals surface area contributed by atoms with Crippen LogP contribution in [0.3, 0.4) is 0 Å². The molecular weight excluding hydrogens is 304 g/mol. The van der Waals surface area contributed by atoms with E-state index in [9.17, 15) is 4.79 Å². The van der Waals surface area contributed by atoms with Crippen molar-refractivity contribution in [3.8, 4) is 11.4 Å². The molecular formula is C18H24N4O2. The molecule has 1 saturated heterocycles. The lowest BCUT2D eigenvalue weighted by atomic mass is 10.3. The lowest BCUT2D eigenvalue weighted by molar-refractivity contribution is 0.0755. The van der Waals surface area contributed by atoms with Gasteiger partial charge in [0, 0.05) is 19.6 Å². The SMILES string of the molecule is CCCOc1cn(-c2ccccc2)nc1C(=O)N1CCCNCC1. The molecule has 0 unspecified atom stereocenters. The molecule has 1 amide bonds. The number of carbonyl (C=O) groups excluding carboxylic acids is 1. The lowest BCUT2D eigenvalue weighted by Gasteiger charge is -2.19. The van der Waals surface area contributed by atoms with Crippen LogP contribution in [-0.2, 0) is 0 Å². The zero-order chi connectivity index (χ0) is 16.8. The highest BCUT2D eigenvalue weighted by atomic mass is 16.5. The summed E-state index contributed by atoms with van der Waals surface area (Å²) >= 11 is 0. The molecule has 0 aliphatic carbocycles. The maximum atomic E-state index is 12.9. The third kappa shape index (κ3) is 3.76. The molecule has 128 valence electrons. The number of nitrogens with zero attached hydrogens (tertiary/aromatic N) is 3. The summed E-state index contributed by atoms with van der Waals surface area (Å²) in [6.45, 7) is 5.82. The predicted octanol–water partition coefficient (Wildman–Crippen LogP) is 2.10. The van der Waals surface area contributed by atoms with Gasteiger partial charge in [-0.2, -0.15) is 5.10 Å². The molecule has 3 rings (SSSR count). The van der Waals surface area contributed by atoms with Gasteiger partial charge >= 0.3 is 0 Å². The summed E-state index contributed by atoms with van der Waals surface area (Å²) in [5.41, 5.74) is 1.31. The van der Waals surface area contributed by atoms with Gasteiger partial charge in [-0.3, -0.25) is 4.79 Å².